The van der Waals surface area contributed by atoms with Crippen molar-refractivity contribution in [3.05, 3.63) is 64.1 Å². The monoisotopic (exact) mass is 361 g/mol. The maximum absolute atomic E-state index is 3.71. The largest absolute Gasteiger partial charge is 0.313 e. The van der Waals surface area contributed by atoms with Gasteiger partial charge in [-0.05, 0) is 54.7 Å². The number of fused-ring (bicyclic) bond motifs is 1. The number of rotatable bonds is 5. The van der Waals surface area contributed by atoms with Gasteiger partial charge in [0.1, 0.15) is 0 Å². The van der Waals surface area contributed by atoms with Crippen LogP contribution >= 0.6 is 27.7 Å². The van der Waals surface area contributed by atoms with Crippen LogP contribution in [0.5, 0.6) is 0 Å². The minimum Gasteiger partial charge on any atom is -0.313 e. The van der Waals surface area contributed by atoms with E-state index in [1.165, 1.54) is 39.8 Å². The van der Waals surface area contributed by atoms with Crippen molar-refractivity contribution in [2.45, 2.75) is 30.2 Å². The topological polar surface area (TPSA) is 12.0 Å². The number of nitrogens with one attached hydrogen (secondary N) is 1. The molecule has 1 aliphatic carbocycles. The number of benzene rings is 2. The fourth-order valence-electron chi connectivity index (χ4n) is 2.85. The maximum atomic E-state index is 3.71. The van der Waals surface area contributed by atoms with Gasteiger partial charge in [-0.3, -0.25) is 0 Å². The zero-order valence-corrected chi connectivity index (χ0v) is 14.4. The molecule has 1 atom stereocenters. The lowest BCUT2D eigenvalue weighted by atomic mass is 9.88. The Morgan fingerprint density at radius 1 is 1.10 bits per heavy atom. The molecular formula is C18H20BrNS. The quantitative estimate of drug-likeness (QED) is 0.612. The van der Waals surface area contributed by atoms with Gasteiger partial charge in [0.25, 0.3) is 0 Å². The van der Waals surface area contributed by atoms with Crippen LogP contribution in [0.25, 0.3) is 0 Å². The predicted molar refractivity (Wildman–Crippen MR) is 95.1 cm³/mol. The van der Waals surface area contributed by atoms with E-state index >= 15 is 0 Å². The summed E-state index contributed by atoms with van der Waals surface area (Å²) in [5.41, 5.74) is 3.03. The summed E-state index contributed by atoms with van der Waals surface area (Å²) < 4.78 is 1.20. The molecule has 110 valence electrons. The zero-order chi connectivity index (χ0) is 14.5. The average molecular weight is 362 g/mol. The third-order valence-corrected chi connectivity index (χ3v) is 5.45. The standard InChI is InChI=1S/C18H20BrNS/c19-16-8-6-15-13-17(9-7-14(15)12-16)20-10-11-21-18-4-2-1-3-5-18/h1-6,8,12,17,20H,7,9-11,13H2. The predicted octanol–water partition coefficient (Wildman–Crippen LogP) is 4.69. The lowest BCUT2D eigenvalue weighted by molar-refractivity contribution is 0.472. The number of thioether (sulfide) groups is 1. The van der Waals surface area contributed by atoms with Gasteiger partial charge in [-0.1, -0.05) is 40.2 Å². The van der Waals surface area contributed by atoms with Gasteiger partial charge in [-0.15, -0.1) is 11.8 Å². The highest BCUT2D eigenvalue weighted by Crippen LogP contribution is 2.25. The van der Waals surface area contributed by atoms with Crippen molar-refractivity contribution in [1.82, 2.24) is 5.32 Å². The van der Waals surface area contributed by atoms with E-state index in [-0.39, 0.29) is 0 Å². The number of halogens is 1. The van der Waals surface area contributed by atoms with Gasteiger partial charge in [0, 0.05) is 27.7 Å². The fourth-order valence-corrected chi connectivity index (χ4v) is 4.06. The highest BCUT2D eigenvalue weighted by molar-refractivity contribution is 9.10. The van der Waals surface area contributed by atoms with E-state index in [1.807, 2.05) is 11.8 Å². The van der Waals surface area contributed by atoms with Crippen molar-refractivity contribution in [1.29, 1.82) is 0 Å². The summed E-state index contributed by atoms with van der Waals surface area (Å²) in [7, 11) is 0. The summed E-state index contributed by atoms with van der Waals surface area (Å²) >= 11 is 5.49. The molecule has 0 saturated heterocycles. The van der Waals surface area contributed by atoms with E-state index in [2.05, 4.69) is 69.8 Å². The molecule has 0 aromatic heterocycles. The second-order valence-corrected chi connectivity index (χ2v) is 7.55. The van der Waals surface area contributed by atoms with Gasteiger partial charge in [0.2, 0.25) is 0 Å². The Bertz CT molecular complexity index is 585. The van der Waals surface area contributed by atoms with Crippen LogP contribution < -0.4 is 5.32 Å². The van der Waals surface area contributed by atoms with Gasteiger partial charge >= 0.3 is 0 Å². The highest BCUT2D eigenvalue weighted by Gasteiger charge is 2.17. The molecule has 0 amide bonds. The number of aryl methyl sites for hydroxylation is 1. The first-order valence-electron chi connectivity index (χ1n) is 7.50. The van der Waals surface area contributed by atoms with Crippen molar-refractivity contribution >= 4 is 27.7 Å². The van der Waals surface area contributed by atoms with Crippen LogP contribution in [0.2, 0.25) is 0 Å². The molecule has 0 bridgehead atoms. The Balaban J connectivity index is 1.44. The second kappa shape index (κ2) is 7.48. The van der Waals surface area contributed by atoms with Crippen molar-refractivity contribution in [3.63, 3.8) is 0 Å². The molecular weight excluding hydrogens is 342 g/mol. The molecule has 3 rings (SSSR count). The first-order chi connectivity index (χ1) is 10.3. The van der Waals surface area contributed by atoms with E-state index in [9.17, 15) is 0 Å². The first-order valence-corrected chi connectivity index (χ1v) is 9.27. The molecule has 1 nitrogen and oxygen atoms in total. The molecule has 3 heteroatoms. The number of hydrogen-bond donors (Lipinski definition) is 1. The van der Waals surface area contributed by atoms with Gasteiger partial charge in [0.15, 0.2) is 0 Å². The third kappa shape index (κ3) is 4.35. The molecule has 1 N–H and O–H groups in total. The van der Waals surface area contributed by atoms with Crippen LogP contribution in [0.4, 0.5) is 0 Å². The average Bonchev–Trinajstić information content (AvgIpc) is 2.52. The Kier molecular flexibility index (Phi) is 5.39. The van der Waals surface area contributed by atoms with E-state index in [0.717, 1.165) is 12.3 Å². The molecule has 1 unspecified atom stereocenters. The van der Waals surface area contributed by atoms with Crippen LogP contribution in [0, 0.1) is 0 Å². The smallest absolute Gasteiger partial charge is 0.0178 e. The molecule has 0 radical (unpaired) electrons. The Morgan fingerprint density at radius 2 is 1.95 bits per heavy atom. The Labute approximate surface area is 139 Å². The minimum atomic E-state index is 0.634. The normalized spacial score (nSPS) is 17.5. The lowest BCUT2D eigenvalue weighted by Gasteiger charge is -2.25. The SMILES string of the molecule is Brc1ccc2c(c1)CCC(NCCSc1ccccc1)C2. The van der Waals surface area contributed by atoms with Crippen molar-refractivity contribution in [2.24, 2.45) is 0 Å². The summed E-state index contributed by atoms with van der Waals surface area (Å²) in [5.74, 6) is 1.13. The van der Waals surface area contributed by atoms with E-state index < -0.39 is 0 Å². The molecule has 21 heavy (non-hydrogen) atoms. The van der Waals surface area contributed by atoms with Gasteiger partial charge < -0.3 is 5.32 Å². The molecule has 1 aliphatic rings. The maximum Gasteiger partial charge on any atom is 0.0178 e. The van der Waals surface area contributed by atoms with E-state index in [1.54, 1.807) is 0 Å². The molecule has 2 aromatic carbocycles. The van der Waals surface area contributed by atoms with Crippen LogP contribution in [0.1, 0.15) is 17.5 Å². The number of hydrogen-bond acceptors (Lipinski definition) is 2. The molecule has 0 heterocycles. The summed E-state index contributed by atoms with van der Waals surface area (Å²) in [6.07, 6.45) is 3.61. The van der Waals surface area contributed by atoms with E-state index in [4.69, 9.17) is 0 Å². The minimum absolute atomic E-state index is 0.634. The van der Waals surface area contributed by atoms with Crippen molar-refractivity contribution in [3.8, 4) is 0 Å². The highest BCUT2D eigenvalue weighted by atomic mass is 79.9. The Morgan fingerprint density at radius 3 is 2.81 bits per heavy atom. The van der Waals surface area contributed by atoms with Gasteiger partial charge in [0.05, 0.1) is 0 Å². The van der Waals surface area contributed by atoms with E-state index in [0.29, 0.717) is 6.04 Å². The zero-order valence-electron chi connectivity index (χ0n) is 12.0. The Hall–Kier alpha value is -0.770. The van der Waals surface area contributed by atoms with Crippen LogP contribution in [0.15, 0.2) is 57.9 Å². The van der Waals surface area contributed by atoms with Gasteiger partial charge in [-0.25, -0.2) is 0 Å². The molecule has 0 spiro atoms. The van der Waals surface area contributed by atoms with Crippen LogP contribution in [-0.4, -0.2) is 18.3 Å². The lowest BCUT2D eigenvalue weighted by Crippen LogP contribution is -2.35. The first kappa shape index (κ1) is 15.1. The third-order valence-electron chi connectivity index (χ3n) is 3.94. The van der Waals surface area contributed by atoms with Crippen molar-refractivity contribution in [2.75, 3.05) is 12.3 Å². The molecule has 0 fully saturated rings. The van der Waals surface area contributed by atoms with Crippen LogP contribution in [0.3, 0.4) is 0 Å². The fraction of sp³-hybridized carbons (Fsp3) is 0.333. The summed E-state index contributed by atoms with van der Waals surface area (Å²) in [5, 5.41) is 3.71. The van der Waals surface area contributed by atoms with Gasteiger partial charge in [-0.2, -0.15) is 0 Å². The molecule has 0 aliphatic heterocycles. The second-order valence-electron chi connectivity index (χ2n) is 5.47. The molecule has 0 saturated carbocycles. The van der Waals surface area contributed by atoms with Crippen LogP contribution in [-0.2, 0) is 12.8 Å². The van der Waals surface area contributed by atoms with Crippen molar-refractivity contribution < 1.29 is 0 Å². The summed E-state index contributed by atoms with van der Waals surface area (Å²) in [6, 6.07) is 18.0. The summed E-state index contributed by atoms with van der Waals surface area (Å²) in [4.78, 5) is 1.36. The summed E-state index contributed by atoms with van der Waals surface area (Å²) in [6.45, 7) is 1.08. The molecule has 2 aromatic rings.